The van der Waals surface area contributed by atoms with Crippen LogP contribution in [0.4, 0.5) is 0 Å². The zero-order valence-electron chi connectivity index (χ0n) is 9.05. The summed E-state index contributed by atoms with van der Waals surface area (Å²) in [6.45, 7) is 2.34. The summed E-state index contributed by atoms with van der Waals surface area (Å²) >= 11 is 0. The Hall–Kier alpha value is -1.94. The van der Waals surface area contributed by atoms with Gasteiger partial charge in [-0.1, -0.05) is 18.2 Å². The molecule has 0 radical (unpaired) electrons. The third-order valence-corrected chi connectivity index (χ3v) is 2.19. The number of benzene rings is 1. The van der Waals surface area contributed by atoms with Crippen LogP contribution in [0.3, 0.4) is 0 Å². The first kappa shape index (κ1) is 10.6. The van der Waals surface area contributed by atoms with Crippen molar-refractivity contribution in [3.8, 4) is 11.6 Å². The summed E-state index contributed by atoms with van der Waals surface area (Å²) < 4.78 is 5.65. The van der Waals surface area contributed by atoms with Crippen LogP contribution in [0, 0.1) is 6.92 Å². The van der Waals surface area contributed by atoms with Crippen LogP contribution in [0.15, 0.2) is 36.7 Å². The molecule has 1 aromatic heterocycles. The molecule has 82 valence electrons. The van der Waals surface area contributed by atoms with Crippen LogP contribution >= 0.6 is 0 Å². The third kappa shape index (κ3) is 2.35. The Labute approximate surface area is 94.1 Å². The van der Waals surface area contributed by atoms with Gasteiger partial charge in [0, 0.05) is 23.9 Å². The topological polar surface area (TPSA) is 61.0 Å². The van der Waals surface area contributed by atoms with E-state index < -0.39 is 0 Å². The number of aryl methyl sites for hydroxylation is 1. The highest BCUT2D eigenvalue weighted by molar-refractivity contribution is 5.35. The first-order chi connectivity index (χ1) is 7.79. The number of hydrogen-bond acceptors (Lipinski definition) is 4. The van der Waals surface area contributed by atoms with E-state index in [-0.39, 0.29) is 0 Å². The van der Waals surface area contributed by atoms with Crippen LogP contribution < -0.4 is 10.5 Å². The van der Waals surface area contributed by atoms with E-state index in [9.17, 15) is 0 Å². The number of aromatic nitrogens is 2. The molecule has 0 aliphatic carbocycles. The van der Waals surface area contributed by atoms with Crippen LogP contribution in [-0.4, -0.2) is 9.97 Å². The Morgan fingerprint density at radius 1 is 1.25 bits per heavy atom. The van der Waals surface area contributed by atoms with Gasteiger partial charge in [0.15, 0.2) is 0 Å². The van der Waals surface area contributed by atoms with E-state index in [0.717, 1.165) is 17.0 Å². The molecule has 4 nitrogen and oxygen atoms in total. The molecule has 0 spiro atoms. The minimum absolute atomic E-state index is 0.445. The Morgan fingerprint density at radius 2 is 2.06 bits per heavy atom. The van der Waals surface area contributed by atoms with Gasteiger partial charge in [-0.2, -0.15) is 0 Å². The van der Waals surface area contributed by atoms with Crippen molar-refractivity contribution in [1.29, 1.82) is 0 Å². The number of rotatable bonds is 3. The molecular formula is C12H13N3O. The van der Waals surface area contributed by atoms with Gasteiger partial charge in [-0.3, -0.25) is 0 Å². The van der Waals surface area contributed by atoms with Gasteiger partial charge in [0.25, 0.3) is 0 Å². The highest BCUT2D eigenvalue weighted by Crippen LogP contribution is 2.23. The van der Waals surface area contributed by atoms with Gasteiger partial charge < -0.3 is 10.5 Å². The molecule has 2 rings (SSSR count). The molecule has 16 heavy (non-hydrogen) atoms. The number of hydrogen-bond donors (Lipinski definition) is 1. The lowest BCUT2D eigenvalue weighted by Gasteiger charge is -2.08. The van der Waals surface area contributed by atoms with E-state index in [1.807, 2.05) is 31.2 Å². The summed E-state index contributed by atoms with van der Waals surface area (Å²) in [4.78, 5) is 8.04. The Morgan fingerprint density at radius 3 is 2.81 bits per heavy atom. The molecule has 1 aromatic carbocycles. The molecule has 2 aromatic rings. The first-order valence-electron chi connectivity index (χ1n) is 5.04. The van der Waals surface area contributed by atoms with E-state index in [2.05, 4.69) is 9.97 Å². The zero-order chi connectivity index (χ0) is 11.4. The third-order valence-electron chi connectivity index (χ3n) is 2.19. The first-order valence-corrected chi connectivity index (χ1v) is 5.04. The molecule has 0 fully saturated rings. The molecule has 1 heterocycles. The lowest BCUT2D eigenvalue weighted by molar-refractivity contribution is 0.455. The average molecular weight is 215 g/mol. The van der Waals surface area contributed by atoms with Gasteiger partial charge >= 0.3 is 0 Å². The zero-order valence-corrected chi connectivity index (χ0v) is 9.05. The number of para-hydroxylation sites is 1. The molecular weight excluding hydrogens is 202 g/mol. The summed E-state index contributed by atoms with van der Waals surface area (Å²) in [6, 6.07) is 9.43. The van der Waals surface area contributed by atoms with Crippen LogP contribution in [0.1, 0.15) is 11.3 Å². The maximum atomic E-state index is 5.65. The quantitative estimate of drug-likeness (QED) is 0.851. The van der Waals surface area contributed by atoms with Crippen LogP contribution in [0.2, 0.25) is 0 Å². The van der Waals surface area contributed by atoms with Crippen molar-refractivity contribution in [2.24, 2.45) is 5.73 Å². The van der Waals surface area contributed by atoms with Crippen LogP contribution in [0.25, 0.3) is 0 Å². The summed E-state index contributed by atoms with van der Waals surface area (Å²) in [6.07, 6.45) is 1.48. The van der Waals surface area contributed by atoms with Crippen molar-refractivity contribution in [2.75, 3.05) is 0 Å². The van der Waals surface area contributed by atoms with Gasteiger partial charge in [0.2, 0.25) is 5.88 Å². The second-order valence-electron chi connectivity index (χ2n) is 3.41. The molecule has 0 unspecified atom stereocenters. The molecule has 0 aliphatic heterocycles. The fraction of sp³-hybridized carbons (Fsp3) is 0.167. The number of nitrogens with two attached hydrogens (primary N) is 1. The maximum absolute atomic E-state index is 5.65. The molecule has 0 aliphatic rings. The Kier molecular flexibility index (Phi) is 3.12. The Bertz CT molecular complexity index is 485. The number of nitrogens with zero attached hydrogens (tertiary/aromatic N) is 2. The van der Waals surface area contributed by atoms with Gasteiger partial charge in [0.05, 0.1) is 0 Å². The minimum Gasteiger partial charge on any atom is -0.439 e. The van der Waals surface area contributed by atoms with E-state index >= 15 is 0 Å². The van der Waals surface area contributed by atoms with Crippen molar-refractivity contribution < 1.29 is 4.74 Å². The van der Waals surface area contributed by atoms with E-state index in [0.29, 0.717) is 12.4 Å². The van der Waals surface area contributed by atoms with Crippen molar-refractivity contribution >= 4 is 0 Å². The van der Waals surface area contributed by atoms with E-state index in [1.165, 1.54) is 6.33 Å². The summed E-state index contributed by atoms with van der Waals surface area (Å²) in [7, 11) is 0. The van der Waals surface area contributed by atoms with Crippen molar-refractivity contribution in [1.82, 2.24) is 9.97 Å². The molecule has 0 bridgehead atoms. The maximum Gasteiger partial charge on any atom is 0.222 e. The fourth-order valence-corrected chi connectivity index (χ4v) is 1.37. The predicted molar refractivity (Wildman–Crippen MR) is 61.2 cm³/mol. The van der Waals surface area contributed by atoms with Gasteiger partial charge in [-0.25, -0.2) is 9.97 Å². The molecule has 2 N–H and O–H groups in total. The average Bonchev–Trinajstić information content (AvgIpc) is 2.30. The molecule has 0 saturated carbocycles. The summed E-state index contributed by atoms with van der Waals surface area (Å²) in [5, 5.41) is 0. The van der Waals surface area contributed by atoms with E-state index in [4.69, 9.17) is 10.5 Å². The monoisotopic (exact) mass is 215 g/mol. The lowest BCUT2D eigenvalue weighted by atomic mass is 10.2. The summed E-state index contributed by atoms with van der Waals surface area (Å²) in [5.74, 6) is 1.27. The Balaban J connectivity index is 2.26. The van der Waals surface area contributed by atoms with Crippen molar-refractivity contribution in [3.05, 3.63) is 47.9 Å². The van der Waals surface area contributed by atoms with E-state index in [1.54, 1.807) is 6.07 Å². The summed E-state index contributed by atoms with van der Waals surface area (Å²) in [5.41, 5.74) is 7.45. The second-order valence-corrected chi connectivity index (χ2v) is 3.41. The van der Waals surface area contributed by atoms with Gasteiger partial charge in [-0.15, -0.1) is 0 Å². The molecule has 0 saturated heterocycles. The molecule has 0 amide bonds. The second kappa shape index (κ2) is 4.72. The fourth-order valence-electron chi connectivity index (χ4n) is 1.37. The van der Waals surface area contributed by atoms with Crippen molar-refractivity contribution in [3.63, 3.8) is 0 Å². The highest BCUT2D eigenvalue weighted by Gasteiger charge is 2.03. The smallest absolute Gasteiger partial charge is 0.222 e. The number of ether oxygens (including phenoxy) is 1. The normalized spacial score (nSPS) is 10.1. The highest BCUT2D eigenvalue weighted by atomic mass is 16.5. The largest absolute Gasteiger partial charge is 0.439 e. The van der Waals surface area contributed by atoms with Gasteiger partial charge in [0.1, 0.15) is 12.1 Å². The van der Waals surface area contributed by atoms with Crippen molar-refractivity contribution in [2.45, 2.75) is 13.5 Å². The minimum atomic E-state index is 0.445. The predicted octanol–water partition coefficient (Wildman–Crippen LogP) is 2.04. The van der Waals surface area contributed by atoms with Crippen LogP contribution in [-0.2, 0) is 6.54 Å². The standard InChI is InChI=1S/C12H13N3O/c1-9-6-12(15-8-14-9)16-11-5-3-2-4-10(11)7-13/h2-6,8H,7,13H2,1H3. The lowest BCUT2D eigenvalue weighted by Crippen LogP contribution is -1.99. The molecule has 0 atom stereocenters. The molecule has 4 heteroatoms. The SMILES string of the molecule is Cc1cc(Oc2ccccc2CN)ncn1. The van der Waals surface area contributed by atoms with Gasteiger partial charge in [-0.05, 0) is 13.0 Å². The van der Waals surface area contributed by atoms with Crippen LogP contribution in [0.5, 0.6) is 11.6 Å².